The minimum absolute atomic E-state index is 0.0382. The summed E-state index contributed by atoms with van der Waals surface area (Å²) in [6.45, 7) is 2.04. The van der Waals surface area contributed by atoms with Crippen molar-refractivity contribution in [1.82, 2.24) is 0 Å². The maximum Gasteiger partial charge on any atom is 0.231 e. The highest BCUT2D eigenvalue weighted by Gasteiger charge is 2.42. The Morgan fingerprint density at radius 1 is 1.00 bits per heavy atom. The second-order valence-electron chi connectivity index (χ2n) is 3.35. The van der Waals surface area contributed by atoms with Crippen LogP contribution in [0.15, 0.2) is 0 Å². The van der Waals surface area contributed by atoms with E-state index in [1.165, 1.54) is 0 Å². The molecule has 0 bridgehead atoms. The minimum Gasteiger partial charge on any atom is -0.361 e. The lowest BCUT2D eigenvalue weighted by atomic mass is 10.1. The van der Waals surface area contributed by atoms with Gasteiger partial charge in [0.25, 0.3) is 0 Å². The van der Waals surface area contributed by atoms with Gasteiger partial charge in [-0.05, 0) is 6.42 Å². The monoisotopic (exact) mass is 210 g/mol. The molecule has 80 valence electrons. The first-order chi connectivity index (χ1) is 5.81. The lowest BCUT2D eigenvalue weighted by molar-refractivity contribution is -0.313. The summed E-state index contributed by atoms with van der Waals surface area (Å²) in [6.07, 6.45) is 3.45. The van der Waals surface area contributed by atoms with E-state index in [9.17, 15) is 10.2 Å². The number of rotatable bonds is 6. The predicted octanol–water partition coefficient (Wildman–Crippen LogP) is 0.151. The van der Waals surface area contributed by atoms with Gasteiger partial charge in [0, 0.05) is 6.42 Å². The summed E-state index contributed by atoms with van der Waals surface area (Å²) in [4.78, 5) is 0. The van der Waals surface area contributed by atoms with Crippen molar-refractivity contribution in [3.05, 3.63) is 0 Å². The molecule has 0 aliphatic rings. The van der Waals surface area contributed by atoms with Crippen LogP contribution < -0.4 is 0 Å². The van der Waals surface area contributed by atoms with Crippen molar-refractivity contribution in [3.8, 4) is 0 Å². The second kappa shape index (κ2) is 5.23. The first-order valence-electron chi connectivity index (χ1n) is 4.49. The van der Waals surface area contributed by atoms with Gasteiger partial charge >= 0.3 is 0 Å². The molecule has 0 aliphatic carbocycles. The first kappa shape index (κ1) is 13.3. The zero-order valence-corrected chi connectivity index (χ0v) is 9.06. The van der Waals surface area contributed by atoms with Crippen LogP contribution >= 0.6 is 9.24 Å². The molecule has 0 rings (SSSR count). The Hall–Kier alpha value is 0.270. The Morgan fingerprint density at radius 3 is 1.92 bits per heavy atom. The van der Waals surface area contributed by atoms with E-state index in [1.54, 1.807) is 9.24 Å². The van der Waals surface area contributed by atoms with Gasteiger partial charge in [-0.2, -0.15) is 0 Å². The standard InChI is InChI=1S/C8H19O4P/c1-2-3-4-5-6-7(9,10)8(11,12)13/h9-12H,2-6,13H2,1H3. The molecule has 0 aromatic carbocycles. The third kappa shape index (κ3) is 4.89. The van der Waals surface area contributed by atoms with Crippen LogP contribution in [-0.4, -0.2) is 31.7 Å². The summed E-state index contributed by atoms with van der Waals surface area (Å²) >= 11 is 0. The highest BCUT2D eigenvalue weighted by Crippen LogP contribution is 2.28. The van der Waals surface area contributed by atoms with Gasteiger partial charge in [-0.25, -0.2) is 0 Å². The van der Waals surface area contributed by atoms with Crippen molar-refractivity contribution < 1.29 is 20.4 Å². The summed E-state index contributed by atoms with van der Waals surface area (Å²) in [6, 6.07) is 0. The van der Waals surface area contributed by atoms with E-state index in [4.69, 9.17) is 10.2 Å². The van der Waals surface area contributed by atoms with Crippen LogP contribution in [0.25, 0.3) is 0 Å². The van der Waals surface area contributed by atoms with Crippen molar-refractivity contribution >= 4 is 9.24 Å². The fourth-order valence-electron chi connectivity index (χ4n) is 0.982. The molecular formula is C8H19O4P. The van der Waals surface area contributed by atoms with Crippen molar-refractivity contribution in [1.29, 1.82) is 0 Å². The number of hydrogen-bond acceptors (Lipinski definition) is 4. The molecule has 0 heterocycles. The fourth-order valence-corrected chi connectivity index (χ4v) is 1.13. The van der Waals surface area contributed by atoms with Gasteiger partial charge in [0.2, 0.25) is 11.3 Å². The summed E-state index contributed by atoms with van der Waals surface area (Å²) < 4.78 is 0. The van der Waals surface area contributed by atoms with Crippen LogP contribution in [0.4, 0.5) is 0 Å². The smallest absolute Gasteiger partial charge is 0.231 e. The van der Waals surface area contributed by atoms with Crippen molar-refractivity contribution in [2.45, 2.75) is 50.3 Å². The van der Waals surface area contributed by atoms with Crippen LogP contribution in [0.3, 0.4) is 0 Å². The summed E-state index contributed by atoms with van der Waals surface area (Å²) in [5.74, 6) is -2.44. The van der Waals surface area contributed by atoms with Crippen LogP contribution in [-0.2, 0) is 0 Å². The van der Waals surface area contributed by atoms with E-state index in [0.29, 0.717) is 6.42 Å². The molecular weight excluding hydrogens is 191 g/mol. The molecule has 1 atom stereocenters. The summed E-state index contributed by atoms with van der Waals surface area (Å²) in [5.41, 5.74) is -2.53. The first-order valence-corrected chi connectivity index (χ1v) is 5.07. The number of aliphatic hydroxyl groups is 4. The van der Waals surface area contributed by atoms with Gasteiger partial charge in [-0.3, -0.25) is 0 Å². The molecule has 13 heavy (non-hydrogen) atoms. The quantitative estimate of drug-likeness (QED) is 0.286. The Morgan fingerprint density at radius 2 is 1.54 bits per heavy atom. The average molecular weight is 210 g/mol. The zero-order valence-electron chi connectivity index (χ0n) is 7.90. The van der Waals surface area contributed by atoms with Crippen molar-refractivity contribution in [2.24, 2.45) is 0 Å². The normalized spacial score (nSPS) is 13.4. The molecule has 0 spiro atoms. The molecule has 4 nitrogen and oxygen atoms in total. The number of unbranched alkanes of at least 4 members (excludes halogenated alkanes) is 3. The maximum atomic E-state index is 9.19. The van der Waals surface area contributed by atoms with E-state index >= 15 is 0 Å². The van der Waals surface area contributed by atoms with Gasteiger partial charge in [-0.15, -0.1) is 0 Å². The van der Waals surface area contributed by atoms with E-state index in [1.807, 2.05) is 6.92 Å². The lowest BCUT2D eigenvalue weighted by Crippen LogP contribution is -2.49. The summed E-state index contributed by atoms with van der Waals surface area (Å²) in [7, 11) is 1.59. The van der Waals surface area contributed by atoms with Gasteiger partial charge < -0.3 is 20.4 Å². The molecule has 0 radical (unpaired) electrons. The fraction of sp³-hybridized carbons (Fsp3) is 1.00. The zero-order chi connectivity index (χ0) is 10.5. The van der Waals surface area contributed by atoms with Crippen LogP contribution in [0.5, 0.6) is 0 Å². The van der Waals surface area contributed by atoms with Gasteiger partial charge in [0.05, 0.1) is 0 Å². The Bertz CT molecular complexity index is 142. The van der Waals surface area contributed by atoms with Gasteiger partial charge in [0.15, 0.2) is 0 Å². The average Bonchev–Trinajstić information content (AvgIpc) is 1.96. The molecule has 0 fully saturated rings. The highest BCUT2D eigenvalue weighted by atomic mass is 31.0. The van der Waals surface area contributed by atoms with E-state index in [0.717, 1.165) is 19.3 Å². The third-order valence-corrected chi connectivity index (χ3v) is 2.43. The molecule has 1 unspecified atom stereocenters. The van der Waals surface area contributed by atoms with Gasteiger partial charge in [0.1, 0.15) is 0 Å². The Balaban J connectivity index is 3.77. The van der Waals surface area contributed by atoms with E-state index < -0.39 is 11.3 Å². The molecule has 0 saturated heterocycles. The minimum atomic E-state index is -2.53. The van der Waals surface area contributed by atoms with Crippen LogP contribution in [0, 0.1) is 0 Å². The molecule has 4 N–H and O–H groups in total. The molecule has 0 aliphatic heterocycles. The molecule has 5 heteroatoms. The maximum absolute atomic E-state index is 9.19. The Kier molecular flexibility index (Phi) is 5.33. The highest BCUT2D eigenvalue weighted by molar-refractivity contribution is 7.18. The predicted molar refractivity (Wildman–Crippen MR) is 52.8 cm³/mol. The van der Waals surface area contributed by atoms with Crippen molar-refractivity contribution in [2.75, 3.05) is 0 Å². The van der Waals surface area contributed by atoms with Crippen molar-refractivity contribution in [3.63, 3.8) is 0 Å². The molecule has 0 amide bonds. The lowest BCUT2D eigenvalue weighted by Gasteiger charge is -2.31. The molecule has 0 aromatic rings. The number of hydrogen-bond donors (Lipinski definition) is 4. The van der Waals surface area contributed by atoms with Crippen LogP contribution in [0.2, 0.25) is 0 Å². The molecule has 0 aromatic heterocycles. The van der Waals surface area contributed by atoms with E-state index in [-0.39, 0.29) is 6.42 Å². The largest absolute Gasteiger partial charge is 0.361 e. The van der Waals surface area contributed by atoms with Gasteiger partial charge in [-0.1, -0.05) is 35.4 Å². The molecule has 0 saturated carbocycles. The Labute approximate surface area is 80.8 Å². The topological polar surface area (TPSA) is 80.9 Å². The van der Waals surface area contributed by atoms with E-state index in [2.05, 4.69) is 0 Å². The third-order valence-electron chi connectivity index (χ3n) is 1.97. The SMILES string of the molecule is CCCCCCC(O)(O)C(O)(O)P. The second-order valence-corrected chi connectivity index (χ2v) is 4.16. The van der Waals surface area contributed by atoms with Crippen LogP contribution in [0.1, 0.15) is 39.0 Å². The summed E-state index contributed by atoms with van der Waals surface area (Å²) in [5, 5.41) is 36.2.